The first-order chi connectivity index (χ1) is 7.66. The van der Waals surface area contributed by atoms with E-state index in [2.05, 4.69) is 69.9 Å². The topological polar surface area (TPSA) is 19.7 Å². The van der Waals surface area contributed by atoms with Crippen LogP contribution in [0.3, 0.4) is 0 Å². The minimum Gasteiger partial charge on any atom is -1.00 e. The molecule has 2 heterocycles. The third-order valence-electron chi connectivity index (χ3n) is 3.16. The number of halogens is 2. The average molecular weight is 312 g/mol. The highest BCUT2D eigenvalue weighted by atomic mass is 79.9. The van der Waals surface area contributed by atoms with E-state index < -0.39 is 0 Å². The maximum absolute atomic E-state index is 3.50. The van der Waals surface area contributed by atoms with Gasteiger partial charge in [-0.1, -0.05) is 22.0 Å². The number of benzene rings is 1. The molecule has 2 aromatic heterocycles. The number of fused-ring (bicyclic) bond motifs is 3. The second-order valence-corrected chi connectivity index (χ2v) is 5.03. The van der Waals surface area contributed by atoms with Crippen LogP contribution in [0.4, 0.5) is 0 Å². The monoisotopic (exact) mass is 310 g/mol. The van der Waals surface area contributed by atoms with Crippen LogP contribution in [0.25, 0.3) is 21.8 Å². The number of nitrogens with zero attached hydrogens (tertiary/aromatic N) is 1. The lowest BCUT2D eigenvalue weighted by molar-refractivity contribution is -0.676. The molecule has 0 bridgehead atoms. The molecular formula is C13H12BrClN2. The Balaban J connectivity index is 0.00000108. The number of aromatic amines is 1. The van der Waals surface area contributed by atoms with Crippen LogP contribution in [0, 0.1) is 6.92 Å². The third-order valence-corrected chi connectivity index (χ3v) is 3.65. The summed E-state index contributed by atoms with van der Waals surface area (Å²) in [7, 11) is 2.07. The molecule has 3 aromatic rings. The van der Waals surface area contributed by atoms with Gasteiger partial charge in [-0.25, -0.2) is 4.57 Å². The van der Waals surface area contributed by atoms with Gasteiger partial charge in [-0.3, -0.25) is 0 Å². The molecule has 0 unspecified atom stereocenters. The zero-order valence-electron chi connectivity index (χ0n) is 9.59. The molecule has 0 fully saturated rings. The number of H-pyrrole nitrogens is 1. The summed E-state index contributed by atoms with van der Waals surface area (Å²) in [6.45, 7) is 2.13. The van der Waals surface area contributed by atoms with Crippen LogP contribution in [0.2, 0.25) is 0 Å². The number of pyridine rings is 1. The Hall–Kier alpha value is -1.06. The van der Waals surface area contributed by atoms with Crippen molar-refractivity contribution in [1.82, 2.24) is 4.98 Å². The fraction of sp³-hybridized carbons (Fsp3) is 0.154. The van der Waals surface area contributed by atoms with Crippen molar-refractivity contribution in [2.45, 2.75) is 6.92 Å². The van der Waals surface area contributed by atoms with Gasteiger partial charge >= 0.3 is 0 Å². The molecule has 0 radical (unpaired) electrons. The first-order valence-corrected chi connectivity index (χ1v) is 6.02. The molecule has 1 N–H and O–H groups in total. The molecule has 88 valence electrons. The van der Waals surface area contributed by atoms with Gasteiger partial charge < -0.3 is 17.4 Å². The van der Waals surface area contributed by atoms with E-state index in [9.17, 15) is 0 Å². The SMILES string of the molecule is Cc1c2[nH]c3cc(Br)ccc3c2cc[n+]1C.[Cl-]. The lowest BCUT2D eigenvalue weighted by Gasteiger charge is -1.94. The van der Waals surface area contributed by atoms with Gasteiger partial charge in [0.1, 0.15) is 12.6 Å². The summed E-state index contributed by atoms with van der Waals surface area (Å²) in [5, 5.41) is 2.57. The summed E-state index contributed by atoms with van der Waals surface area (Å²) in [4.78, 5) is 3.48. The molecule has 2 nitrogen and oxygen atoms in total. The smallest absolute Gasteiger partial charge is 0.202 e. The Bertz CT molecular complexity index is 703. The number of aryl methyl sites for hydroxylation is 2. The molecule has 3 rings (SSSR count). The Morgan fingerprint density at radius 3 is 2.71 bits per heavy atom. The van der Waals surface area contributed by atoms with E-state index >= 15 is 0 Å². The summed E-state index contributed by atoms with van der Waals surface area (Å²) in [5.74, 6) is 0. The van der Waals surface area contributed by atoms with Crippen LogP contribution in [0.1, 0.15) is 5.69 Å². The zero-order chi connectivity index (χ0) is 11.3. The standard InChI is InChI=1S/C13H11BrN2.ClH/c1-8-13-11(5-6-16(8)2)10-4-3-9(14)7-12(10)15-13;/h3-7H,1-2H3;1H. The third kappa shape index (κ3) is 1.83. The van der Waals surface area contributed by atoms with Crippen molar-refractivity contribution in [2.75, 3.05) is 0 Å². The largest absolute Gasteiger partial charge is 1.00 e. The first-order valence-electron chi connectivity index (χ1n) is 5.23. The van der Waals surface area contributed by atoms with Crippen molar-refractivity contribution < 1.29 is 17.0 Å². The van der Waals surface area contributed by atoms with Gasteiger partial charge in [-0.2, -0.15) is 0 Å². The number of hydrogen-bond acceptors (Lipinski definition) is 0. The van der Waals surface area contributed by atoms with E-state index in [1.165, 1.54) is 27.5 Å². The van der Waals surface area contributed by atoms with Gasteiger partial charge in [0, 0.05) is 33.8 Å². The summed E-state index contributed by atoms with van der Waals surface area (Å²) in [6.07, 6.45) is 2.10. The molecule has 4 heteroatoms. The Kier molecular flexibility index (Phi) is 3.15. The predicted octanol–water partition coefficient (Wildman–Crippen LogP) is 0.221. The summed E-state index contributed by atoms with van der Waals surface area (Å²) in [5.41, 5.74) is 3.65. The summed E-state index contributed by atoms with van der Waals surface area (Å²) >= 11 is 3.50. The van der Waals surface area contributed by atoms with E-state index in [-0.39, 0.29) is 12.4 Å². The fourth-order valence-corrected chi connectivity index (χ4v) is 2.49. The maximum Gasteiger partial charge on any atom is 0.202 e. The Labute approximate surface area is 114 Å². The van der Waals surface area contributed by atoms with Crippen LogP contribution in [-0.4, -0.2) is 4.98 Å². The van der Waals surface area contributed by atoms with Crippen LogP contribution in [0.5, 0.6) is 0 Å². The average Bonchev–Trinajstić information content (AvgIpc) is 2.62. The van der Waals surface area contributed by atoms with E-state index in [4.69, 9.17) is 0 Å². The van der Waals surface area contributed by atoms with Crippen molar-refractivity contribution in [2.24, 2.45) is 7.05 Å². The van der Waals surface area contributed by atoms with Gasteiger partial charge in [-0.05, 0) is 12.1 Å². The van der Waals surface area contributed by atoms with Gasteiger partial charge in [-0.15, -0.1) is 0 Å². The van der Waals surface area contributed by atoms with Crippen molar-refractivity contribution >= 4 is 37.7 Å². The van der Waals surface area contributed by atoms with Gasteiger partial charge in [0.2, 0.25) is 5.69 Å². The minimum atomic E-state index is 0. The molecular weight excluding hydrogens is 300 g/mol. The van der Waals surface area contributed by atoms with E-state index in [1.54, 1.807) is 0 Å². The Morgan fingerprint density at radius 2 is 1.94 bits per heavy atom. The van der Waals surface area contributed by atoms with Crippen LogP contribution in [-0.2, 0) is 7.05 Å². The lowest BCUT2D eigenvalue weighted by Crippen LogP contribution is -3.00. The molecule has 0 spiro atoms. The molecule has 0 saturated carbocycles. The molecule has 0 aliphatic heterocycles. The second kappa shape index (κ2) is 4.31. The van der Waals surface area contributed by atoms with Gasteiger partial charge in [0.05, 0.1) is 0 Å². The molecule has 1 aromatic carbocycles. The zero-order valence-corrected chi connectivity index (χ0v) is 11.9. The van der Waals surface area contributed by atoms with Crippen LogP contribution < -0.4 is 17.0 Å². The number of hydrogen-bond donors (Lipinski definition) is 1. The fourth-order valence-electron chi connectivity index (χ4n) is 2.12. The summed E-state index contributed by atoms with van der Waals surface area (Å²) < 4.78 is 3.24. The highest BCUT2D eigenvalue weighted by Gasteiger charge is 2.12. The van der Waals surface area contributed by atoms with Gasteiger partial charge in [0.15, 0.2) is 6.20 Å². The lowest BCUT2D eigenvalue weighted by atomic mass is 10.2. The first kappa shape index (κ1) is 12.4. The molecule has 0 atom stereocenters. The minimum absolute atomic E-state index is 0. The van der Waals surface area contributed by atoms with Crippen LogP contribution in [0.15, 0.2) is 34.9 Å². The molecule has 0 aliphatic carbocycles. The van der Waals surface area contributed by atoms with E-state index in [0.29, 0.717) is 0 Å². The van der Waals surface area contributed by atoms with Crippen molar-refractivity contribution in [3.63, 3.8) is 0 Å². The second-order valence-electron chi connectivity index (χ2n) is 4.12. The van der Waals surface area contributed by atoms with Crippen molar-refractivity contribution in [3.8, 4) is 0 Å². The number of aromatic nitrogens is 2. The molecule has 17 heavy (non-hydrogen) atoms. The molecule has 0 amide bonds. The highest BCUT2D eigenvalue weighted by Crippen LogP contribution is 2.27. The van der Waals surface area contributed by atoms with E-state index in [1.807, 2.05) is 0 Å². The summed E-state index contributed by atoms with van der Waals surface area (Å²) in [6, 6.07) is 8.51. The Morgan fingerprint density at radius 1 is 1.18 bits per heavy atom. The van der Waals surface area contributed by atoms with Crippen molar-refractivity contribution in [1.29, 1.82) is 0 Å². The quantitative estimate of drug-likeness (QED) is 0.573. The van der Waals surface area contributed by atoms with Gasteiger partial charge in [0.25, 0.3) is 0 Å². The number of nitrogens with one attached hydrogen (secondary N) is 1. The molecule has 0 aliphatic rings. The van der Waals surface area contributed by atoms with Crippen LogP contribution >= 0.6 is 15.9 Å². The normalized spacial score (nSPS) is 10.8. The highest BCUT2D eigenvalue weighted by molar-refractivity contribution is 9.10. The predicted molar refractivity (Wildman–Crippen MR) is 69.4 cm³/mol. The van der Waals surface area contributed by atoms with Crippen molar-refractivity contribution in [3.05, 3.63) is 40.6 Å². The number of rotatable bonds is 0. The maximum atomic E-state index is 3.50. The van der Waals surface area contributed by atoms with E-state index in [0.717, 1.165) is 4.47 Å². The molecule has 0 saturated heterocycles.